The maximum atomic E-state index is 11.1. The number of non-ortho nitro benzene ring substituents is 2. The van der Waals surface area contributed by atoms with Gasteiger partial charge in [-0.25, -0.2) is 4.99 Å². The van der Waals surface area contributed by atoms with Crippen LogP contribution < -0.4 is 4.74 Å². The minimum absolute atomic E-state index is 0.0173. The Hall–Kier alpha value is -4.15. The minimum atomic E-state index is -0.429. The lowest BCUT2D eigenvalue weighted by Crippen LogP contribution is -2.14. The van der Waals surface area contributed by atoms with E-state index in [4.69, 9.17) is 9.73 Å². The molecule has 0 spiro atoms. The molecule has 4 aromatic rings. The van der Waals surface area contributed by atoms with Gasteiger partial charge in [0.1, 0.15) is 5.75 Å². The molecule has 0 aliphatic rings. The number of benzene rings is 4. The van der Waals surface area contributed by atoms with Gasteiger partial charge in [-0.2, -0.15) is 0 Å². The third-order valence-electron chi connectivity index (χ3n) is 5.94. The molecule has 0 saturated carbocycles. The average Bonchev–Trinajstić information content (AvgIpc) is 2.91. The van der Waals surface area contributed by atoms with Crippen molar-refractivity contribution in [3.05, 3.63) is 128 Å². The first-order chi connectivity index (χ1) is 19.2. The Balaban J connectivity index is 1.68. The standard InChI is InChI=1S/C30H27N3O5S2/c1-20-5-4-6-26(17-20)38-29(31-23-8-7-21(2)22(3)18-23)19-30(39-27-13-9-24(10-14-27)32(34)35)40-28-15-11-25(12-16-28)33(36)37/h4-18,30H,19H2,1-3H3. The van der Waals surface area contributed by atoms with Crippen LogP contribution in [0.1, 0.15) is 23.1 Å². The van der Waals surface area contributed by atoms with Gasteiger partial charge < -0.3 is 4.74 Å². The van der Waals surface area contributed by atoms with Crippen LogP contribution >= 0.6 is 23.5 Å². The Morgan fingerprint density at radius 3 is 1.85 bits per heavy atom. The summed E-state index contributed by atoms with van der Waals surface area (Å²) in [6, 6.07) is 26.5. The average molecular weight is 574 g/mol. The van der Waals surface area contributed by atoms with Gasteiger partial charge in [0, 0.05) is 40.5 Å². The van der Waals surface area contributed by atoms with Crippen molar-refractivity contribution in [3.8, 4) is 5.75 Å². The summed E-state index contributed by atoms with van der Waals surface area (Å²) in [4.78, 5) is 27.9. The molecule has 40 heavy (non-hydrogen) atoms. The molecule has 0 bridgehead atoms. The van der Waals surface area contributed by atoms with E-state index in [2.05, 4.69) is 0 Å². The van der Waals surface area contributed by atoms with Crippen molar-refractivity contribution in [1.29, 1.82) is 0 Å². The smallest absolute Gasteiger partial charge is 0.269 e. The van der Waals surface area contributed by atoms with Crippen LogP contribution in [0.15, 0.2) is 106 Å². The zero-order valence-corrected chi connectivity index (χ0v) is 23.8. The summed E-state index contributed by atoms with van der Waals surface area (Å²) >= 11 is 3.04. The predicted molar refractivity (Wildman–Crippen MR) is 161 cm³/mol. The highest BCUT2D eigenvalue weighted by Gasteiger charge is 2.20. The molecule has 0 heterocycles. The quantitative estimate of drug-likeness (QED) is 0.0465. The number of nitro groups is 2. The highest BCUT2D eigenvalue weighted by atomic mass is 32.2. The zero-order chi connectivity index (χ0) is 28.6. The second kappa shape index (κ2) is 13.3. The molecule has 0 aliphatic carbocycles. The maximum absolute atomic E-state index is 11.1. The molecule has 0 aromatic heterocycles. The summed E-state index contributed by atoms with van der Waals surface area (Å²) in [5.41, 5.74) is 4.14. The number of aliphatic imine (C=N–C) groups is 1. The molecule has 0 fully saturated rings. The van der Waals surface area contributed by atoms with Crippen LogP contribution in [0.5, 0.6) is 5.75 Å². The van der Waals surface area contributed by atoms with Gasteiger partial charge >= 0.3 is 0 Å². The van der Waals surface area contributed by atoms with Crippen LogP contribution in [-0.2, 0) is 0 Å². The SMILES string of the molecule is Cc1cccc(OC(CC(Sc2ccc([N+](=O)[O-])cc2)Sc2ccc([N+](=O)[O-])cc2)=Nc2ccc(C)c(C)c2)c1. The molecule has 0 amide bonds. The number of rotatable bonds is 10. The highest BCUT2D eigenvalue weighted by molar-refractivity contribution is 8.17. The molecule has 0 saturated heterocycles. The van der Waals surface area contributed by atoms with E-state index in [1.165, 1.54) is 53.4 Å². The van der Waals surface area contributed by atoms with Crippen molar-refractivity contribution < 1.29 is 14.6 Å². The van der Waals surface area contributed by atoms with E-state index < -0.39 is 9.85 Å². The fourth-order valence-electron chi connectivity index (χ4n) is 3.71. The highest BCUT2D eigenvalue weighted by Crippen LogP contribution is 2.39. The van der Waals surface area contributed by atoms with Gasteiger partial charge in [0.15, 0.2) is 5.90 Å². The Morgan fingerprint density at radius 2 is 1.35 bits per heavy atom. The third kappa shape index (κ3) is 8.17. The van der Waals surface area contributed by atoms with Gasteiger partial charge in [0.05, 0.1) is 20.1 Å². The molecule has 0 atom stereocenters. The number of nitrogens with zero attached hydrogens (tertiary/aromatic N) is 3. The number of thioether (sulfide) groups is 2. The van der Waals surface area contributed by atoms with Crippen LogP contribution in [0.2, 0.25) is 0 Å². The van der Waals surface area contributed by atoms with Crippen LogP contribution in [0, 0.1) is 41.0 Å². The van der Waals surface area contributed by atoms with E-state index in [0.717, 1.165) is 26.6 Å². The molecule has 204 valence electrons. The zero-order valence-electron chi connectivity index (χ0n) is 22.1. The molecule has 0 N–H and O–H groups in total. The van der Waals surface area contributed by atoms with Gasteiger partial charge in [0.2, 0.25) is 0 Å². The molecule has 0 radical (unpaired) electrons. The molecule has 0 unspecified atom stereocenters. The van der Waals surface area contributed by atoms with E-state index in [0.29, 0.717) is 18.1 Å². The predicted octanol–water partition coefficient (Wildman–Crippen LogP) is 8.84. The van der Waals surface area contributed by atoms with Crippen molar-refractivity contribution in [2.24, 2.45) is 4.99 Å². The van der Waals surface area contributed by atoms with Crippen molar-refractivity contribution in [2.45, 2.75) is 41.6 Å². The molecular weight excluding hydrogens is 546 g/mol. The van der Waals surface area contributed by atoms with E-state index >= 15 is 0 Å². The van der Waals surface area contributed by atoms with Gasteiger partial charge in [-0.15, -0.1) is 23.5 Å². The fourth-order valence-corrected chi connectivity index (χ4v) is 6.22. The Kier molecular flexibility index (Phi) is 9.57. The topological polar surface area (TPSA) is 108 Å². The first kappa shape index (κ1) is 28.8. The van der Waals surface area contributed by atoms with Crippen molar-refractivity contribution in [3.63, 3.8) is 0 Å². The molecule has 10 heteroatoms. The molecule has 4 rings (SSSR count). The molecule has 8 nitrogen and oxygen atoms in total. The van der Waals surface area contributed by atoms with Gasteiger partial charge in [-0.05, 0) is 86.0 Å². The normalized spacial score (nSPS) is 11.4. The molecular formula is C30H27N3O5S2. The summed E-state index contributed by atoms with van der Waals surface area (Å²) in [6.07, 6.45) is 0.407. The largest absolute Gasteiger partial charge is 0.443 e. The second-order valence-electron chi connectivity index (χ2n) is 9.06. The van der Waals surface area contributed by atoms with Crippen LogP contribution in [0.25, 0.3) is 0 Å². The summed E-state index contributed by atoms with van der Waals surface area (Å²) in [5, 5.41) is 22.3. The van der Waals surface area contributed by atoms with Crippen LogP contribution in [0.4, 0.5) is 17.1 Å². The van der Waals surface area contributed by atoms with Crippen molar-refractivity contribution >= 4 is 46.5 Å². The number of ether oxygens (including phenoxy) is 1. The Bertz CT molecular complexity index is 1480. The number of aryl methyl sites for hydroxylation is 3. The van der Waals surface area contributed by atoms with Crippen molar-refractivity contribution in [2.75, 3.05) is 0 Å². The number of nitro benzene ring substituents is 2. The van der Waals surface area contributed by atoms with Gasteiger partial charge in [-0.3, -0.25) is 20.2 Å². The van der Waals surface area contributed by atoms with E-state index in [1.807, 2.05) is 63.2 Å². The third-order valence-corrected chi connectivity index (χ3v) is 8.47. The van der Waals surface area contributed by atoms with Gasteiger partial charge in [-0.1, -0.05) is 18.2 Å². The summed E-state index contributed by atoms with van der Waals surface area (Å²) < 4.78 is 6.15. The molecule has 4 aromatic carbocycles. The van der Waals surface area contributed by atoms with Crippen molar-refractivity contribution in [1.82, 2.24) is 0 Å². The van der Waals surface area contributed by atoms with E-state index in [-0.39, 0.29) is 16.0 Å². The number of hydrogen-bond acceptors (Lipinski definition) is 8. The van der Waals surface area contributed by atoms with E-state index in [9.17, 15) is 20.2 Å². The minimum Gasteiger partial charge on any atom is -0.443 e. The van der Waals surface area contributed by atoms with Crippen LogP contribution in [-0.4, -0.2) is 20.3 Å². The monoisotopic (exact) mass is 573 g/mol. The molecule has 0 aliphatic heterocycles. The lowest BCUT2D eigenvalue weighted by atomic mass is 10.1. The summed E-state index contributed by atoms with van der Waals surface area (Å²) in [7, 11) is 0. The van der Waals surface area contributed by atoms with Gasteiger partial charge in [0.25, 0.3) is 11.4 Å². The lowest BCUT2D eigenvalue weighted by Gasteiger charge is -2.18. The Morgan fingerprint density at radius 1 is 0.775 bits per heavy atom. The summed E-state index contributed by atoms with van der Waals surface area (Å²) in [5.74, 6) is 1.17. The first-order valence-corrected chi connectivity index (χ1v) is 14.1. The second-order valence-corrected chi connectivity index (χ2v) is 11.9. The van der Waals surface area contributed by atoms with E-state index in [1.54, 1.807) is 24.3 Å². The fraction of sp³-hybridized carbons (Fsp3) is 0.167. The summed E-state index contributed by atoms with van der Waals surface area (Å²) in [6.45, 7) is 6.07. The lowest BCUT2D eigenvalue weighted by molar-refractivity contribution is -0.385. The number of hydrogen-bond donors (Lipinski definition) is 0. The first-order valence-electron chi connectivity index (χ1n) is 12.4. The van der Waals surface area contributed by atoms with Crippen LogP contribution in [0.3, 0.4) is 0 Å². The maximum Gasteiger partial charge on any atom is 0.269 e. The Labute approximate surface area is 240 Å².